The molecular formula is C10H21IN2O. The molecule has 0 aliphatic carbocycles. The first-order chi connectivity index (χ1) is 6.18. The van der Waals surface area contributed by atoms with E-state index in [1.54, 1.807) is 6.92 Å². The molecule has 3 nitrogen and oxygen atoms in total. The standard InChI is InChI=1S/C10H20N2O.HI/c1-9(2)10(13)12-8-6-4-5-7-11-3;/h11H,1,4-8H2,2-3H3,(H,12,13);1H. The highest BCUT2D eigenvalue weighted by molar-refractivity contribution is 14.0. The van der Waals surface area contributed by atoms with Gasteiger partial charge in [-0.3, -0.25) is 4.79 Å². The predicted octanol–water partition coefficient (Wildman–Crippen LogP) is 1.69. The van der Waals surface area contributed by atoms with E-state index in [-0.39, 0.29) is 29.9 Å². The Balaban J connectivity index is 0. The fourth-order valence-corrected chi connectivity index (χ4v) is 0.956. The van der Waals surface area contributed by atoms with E-state index in [4.69, 9.17) is 0 Å². The first kappa shape index (κ1) is 16.3. The van der Waals surface area contributed by atoms with Crippen LogP contribution in [0.1, 0.15) is 26.2 Å². The van der Waals surface area contributed by atoms with Crippen LogP contribution >= 0.6 is 24.0 Å². The molecule has 14 heavy (non-hydrogen) atoms. The highest BCUT2D eigenvalue weighted by atomic mass is 127. The molecule has 0 atom stereocenters. The monoisotopic (exact) mass is 312 g/mol. The summed E-state index contributed by atoms with van der Waals surface area (Å²) in [4.78, 5) is 11.0. The van der Waals surface area contributed by atoms with Gasteiger partial charge in [0.1, 0.15) is 0 Å². The lowest BCUT2D eigenvalue weighted by Crippen LogP contribution is -2.24. The van der Waals surface area contributed by atoms with Crippen LogP contribution in [0, 0.1) is 0 Å². The Morgan fingerprint density at radius 1 is 1.21 bits per heavy atom. The average Bonchev–Trinajstić information content (AvgIpc) is 2.10. The second-order valence-electron chi connectivity index (χ2n) is 3.20. The van der Waals surface area contributed by atoms with Crippen molar-refractivity contribution in [3.63, 3.8) is 0 Å². The van der Waals surface area contributed by atoms with E-state index < -0.39 is 0 Å². The second kappa shape index (κ2) is 11.0. The van der Waals surface area contributed by atoms with Crippen LogP contribution in [0.3, 0.4) is 0 Å². The largest absolute Gasteiger partial charge is 0.352 e. The number of unbranched alkanes of at least 4 members (excludes halogenated alkanes) is 2. The number of hydrogen-bond acceptors (Lipinski definition) is 2. The Hall–Kier alpha value is -0.100. The van der Waals surface area contributed by atoms with Crippen LogP contribution in [0.15, 0.2) is 12.2 Å². The topological polar surface area (TPSA) is 41.1 Å². The molecule has 0 aliphatic rings. The van der Waals surface area contributed by atoms with Gasteiger partial charge in [0, 0.05) is 12.1 Å². The Bertz CT molecular complexity index is 172. The van der Waals surface area contributed by atoms with Gasteiger partial charge < -0.3 is 10.6 Å². The third-order valence-electron chi connectivity index (χ3n) is 1.78. The summed E-state index contributed by atoms with van der Waals surface area (Å²) in [5.41, 5.74) is 0.579. The Kier molecular flexibility index (Phi) is 12.8. The maximum Gasteiger partial charge on any atom is 0.246 e. The van der Waals surface area contributed by atoms with E-state index in [0.717, 1.165) is 25.9 Å². The van der Waals surface area contributed by atoms with Gasteiger partial charge in [0.15, 0.2) is 0 Å². The summed E-state index contributed by atoms with van der Waals surface area (Å²) in [6, 6.07) is 0. The number of amides is 1. The van der Waals surface area contributed by atoms with Crippen molar-refractivity contribution in [3.05, 3.63) is 12.2 Å². The fourth-order valence-electron chi connectivity index (χ4n) is 0.956. The van der Waals surface area contributed by atoms with Gasteiger partial charge >= 0.3 is 0 Å². The van der Waals surface area contributed by atoms with Crippen molar-refractivity contribution in [1.29, 1.82) is 0 Å². The molecule has 0 radical (unpaired) electrons. The van der Waals surface area contributed by atoms with Gasteiger partial charge in [0.05, 0.1) is 0 Å². The summed E-state index contributed by atoms with van der Waals surface area (Å²) in [7, 11) is 1.95. The van der Waals surface area contributed by atoms with Crippen LogP contribution in [0.4, 0.5) is 0 Å². The molecule has 0 aromatic rings. The first-order valence-electron chi connectivity index (χ1n) is 4.76. The number of halogens is 1. The molecule has 0 saturated heterocycles. The molecule has 0 fully saturated rings. The highest BCUT2D eigenvalue weighted by Gasteiger charge is 1.98. The summed E-state index contributed by atoms with van der Waals surface area (Å²) in [5, 5.41) is 5.88. The number of hydrogen-bond donors (Lipinski definition) is 2. The number of rotatable bonds is 7. The Morgan fingerprint density at radius 3 is 2.29 bits per heavy atom. The zero-order valence-corrected chi connectivity index (χ0v) is 11.4. The molecule has 0 bridgehead atoms. The minimum absolute atomic E-state index is 0. The summed E-state index contributed by atoms with van der Waals surface area (Å²) in [6.45, 7) is 7.09. The van der Waals surface area contributed by atoms with E-state index in [1.165, 1.54) is 6.42 Å². The molecule has 2 N–H and O–H groups in total. The van der Waals surface area contributed by atoms with Crippen molar-refractivity contribution in [2.45, 2.75) is 26.2 Å². The van der Waals surface area contributed by atoms with E-state index in [2.05, 4.69) is 17.2 Å². The smallest absolute Gasteiger partial charge is 0.246 e. The Morgan fingerprint density at radius 2 is 1.79 bits per heavy atom. The van der Waals surface area contributed by atoms with Crippen LogP contribution in [0.2, 0.25) is 0 Å². The predicted molar refractivity (Wildman–Crippen MR) is 71.0 cm³/mol. The molecule has 1 amide bonds. The van der Waals surface area contributed by atoms with Gasteiger partial charge in [0.2, 0.25) is 5.91 Å². The van der Waals surface area contributed by atoms with Crippen molar-refractivity contribution >= 4 is 29.9 Å². The third-order valence-corrected chi connectivity index (χ3v) is 1.78. The molecule has 0 aliphatic heterocycles. The Labute approximate surface area is 104 Å². The maximum absolute atomic E-state index is 11.0. The zero-order valence-electron chi connectivity index (χ0n) is 9.06. The molecular weight excluding hydrogens is 291 g/mol. The SMILES string of the molecule is C=C(C)C(=O)NCCCCCNC.I. The molecule has 0 unspecified atom stereocenters. The van der Waals surface area contributed by atoms with Crippen LogP contribution < -0.4 is 10.6 Å². The first-order valence-corrected chi connectivity index (χ1v) is 4.76. The van der Waals surface area contributed by atoms with Gasteiger partial charge in [-0.15, -0.1) is 24.0 Å². The average molecular weight is 312 g/mol. The van der Waals surface area contributed by atoms with Gasteiger partial charge in [-0.2, -0.15) is 0 Å². The van der Waals surface area contributed by atoms with Crippen LogP contribution in [0.5, 0.6) is 0 Å². The summed E-state index contributed by atoms with van der Waals surface area (Å²) < 4.78 is 0. The molecule has 0 rings (SSSR count). The lowest BCUT2D eigenvalue weighted by atomic mass is 10.2. The number of carbonyl (C=O) groups is 1. The number of nitrogens with one attached hydrogen (secondary N) is 2. The summed E-state index contributed by atoms with van der Waals surface area (Å²) in [6.07, 6.45) is 3.36. The quantitative estimate of drug-likeness (QED) is 0.427. The number of carbonyl (C=O) groups excluding carboxylic acids is 1. The molecule has 0 saturated carbocycles. The lowest BCUT2D eigenvalue weighted by molar-refractivity contribution is -0.117. The minimum atomic E-state index is -0.0337. The van der Waals surface area contributed by atoms with Gasteiger partial charge in [-0.05, 0) is 33.4 Å². The van der Waals surface area contributed by atoms with E-state index >= 15 is 0 Å². The van der Waals surface area contributed by atoms with E-state index in [1.807, 2.05) is 7.05 Å². The van der Waals surface area contributed by atoms with Crippen molar-refractivity contribution in [2.75, 3.05) is 20.1 Å². The molecule has 4 heteroatoms. The summed E-state index contributed by atoms with van der Waals surface area (Å²) >= 11 is 0. The maximum atomic E-state index is 11.0. The van der Waals surface area contributed by atoms with E-state index in [0.29, 0.717) is 5.57 Å². The molecule has 0 aromatic carbocycles. The lowest BCUT2D eigenvalue weighted by Gasteiger charge is -2.03. The molecule has 0 heterocycles. The van der Waals surface area contributed by atoms with Gasteiger partial charge in [-0.25, -0.2) is 0 Å². The zero-order chi connectivity index (χ0) is 10.1. The summed E-state index contributed by atoms with van der Waals surface area (Å²) in [5.74, 6) is -0.0337. The van der Waals surface area contributed by atoms with Crippen molar-refractivity contribution in [1.82, 2.24) is 10.6 Å². The van der Waals surface area contributed by atoms with Crippen LogP contribution in [-0.2, 0) is 4.79 Å². The highest BCUT2D eigenvalue weighted by Crippen LogP contribution is 1.93. The van der Waals surface area contributed by atoms with Gasteiger partial charge in [-0.1, -0.05) is 13.0 Å². The normalized spacial score (nSPS) is 9.00. The van der Waals surface area contributed by atoms with Gasteiger partial charge in [0.25, 0.3) is 0 Å². The van der Waals surface area contributed by atoms with Crippen molar-refractivity contribution in [2.24, 2.45) is 0 Å². The van der Waals surface area contributed by atoms with Crippen LogP contribution in [-0.4, -0.2) is 26.0 Å². The van der Waals surface area contributed by atoms with Crippen molar-refractivity contribution < 1.29 is 4.79 Å². The van der Waals surface area contributed by atoms with Crippen molar-refractivity contribution in [3.8, 4) is 0 Å². The molecule has 0 aromatic heterocycles. The van der Waals surface area contributed by atoms with E-state index in [9.17, 15) is 4.79 Å². The van der Waals surface area contributed by atoms with Crippen LogP contribution in [0.25, 0.3) is 0 Å². The molecule has 84 valence electrons. The minimum Gasteiger partial charge on any atom is -0.352 e. The fraction of sp³-hybridized carbons (Fsp3) is 0.700. The third kappa shape index (κ3) is 9.98. The second-order valence-corrected chi connectivity index (χ2v) is 3.20. The molecule has 0 spiro atoms.